The van der Waals surface area contributed by atoms with Gasteiger partial charge in [-0.25, -0.2) is 13.4 Å². The smallest absolute Gasteiger partial charge is 0.327 e. The molecule has 48 heavy (non-hydrogen) atoms. The zero-order valence-corrected chi connectivity index (χ0v) is 29.0. The van der Waals surface area contributed by atoms with Gasteiger partial charge in [0.2, 0.25) is 0 Å². The normalized spacial score (nSPS) is 35.1. The van der Waals surface area contributed by atoms with Crippen molar-refractivity contribution in [3.8, 4) is 5.75 Å². The van der Waals surface area contributed by atoms with Gasteiger partial charge in [-0.3, -0.25) is 9.52 Å². The molecular weight excluding hydrogens is 655 g/mol. The van der Waals surface area contributed by atoms with Crippen LogP contribution in [-0.2, 0) is 26.5 Å². The average molecular weight is 699 g/mol. The fourth-order valence-corrected chi connectivity index (χ4v) is 10.1. The Labute approximate surface area is 287 Å². The summed E-state index contributed by atoms with van der Waals surface area (Å²) >= 11 is 6.43. The molecule has 7 rings (SSSR count). The third kappa shape index (κ3) is 6.83. The van der Waals surface area contributed by atoms with Crippen LogP contribution in [0.25, 0.3) is 0 Å². The lowest BCUT2D eigenvalue weighted by atomic mass is 9.68. The van der Waals surface area contributed by atoms with Crippen LogP contribution in [0.5, 0.6) is 5.75 Å². The van der Waals surface area contributed by atoms with Gasteiger partial charge in [0.15, 0.2) is 0 Å². The highest BCUT2D eigenvalue weighted by Crippen LogP contribution is 2.47. The Kier molecular flexibility index (Phi) is 9.23. The maximum atomic E-state index is 14.2. The number of fused-ring (bicyclic) bond motifs is 4. The lowest BCUT2D eigenvalue weighted by molar-refractivity contribution is 0.0131. The van der Waals surface area contributed by atoms with Crippen molar-refractivity contribution in [2.45, 2.75) is 75.6 Å². The average Bonchev–Trinajstić information content (AvgIpc) is 3.75. The van der Waals surface area contributed by atoms with E-state index in [2.05, 4.69) is 37.5 Å². The predicted octanol–water partition coefficient (Wildman–Crippen LogP) is 6.38. The van der Waals surface area contributed by atoms with Gasteiger partial charge in [-0.2, -0.15) is 0 Å². The number of benzene rings is 2. The zero-order valence-electron chi connectivity index (χ0n) is 27.5. The van der Waals surface area contributed by atoms with Crippen LogP contribution in [-0.4, -0.2) is 67.0 Å². The van der Waals surface area contributed by atoms with E-state index < -0.39 is 34.1 Å². The molecule has 8 atom stereocenters. The summed E-state index contributed by atoms with van der Waals surface area (Å²) < 4.78 is 46.9. The van der Waals surface area contributed by atoms with Crippen LogP contribution in [0.2, 0.25) is 5.02 Å². The Morgan fingerprint density at radius 3 is 2.81 bits per heavy atom. The largest absolute Gasteiger partial charge is 0.490 e. The van der Waals surface area contributed by atoms with Crippen LogP contribution in [0.15, 0.2) is 52.9 Å². The summed E-state index contributed by atoms with van der Waals surface area (Å²) in [6.45, 7) is 3.86. The molecule has 3 aliphatic carbocycles. The number of hydrogen-bond acceptors (Lipinski definition) is 6. The van der Waals surface area contributed by atoms with Crippen molar-refractivity contribution in [1.29, 1.82) is 0 Å². The van der Waals surface area contributed by atoms with E-state index in [1.807, 2.05) is 19.1 Å². The number of nitrogens with one attached hydrogen (secondary N) is 2. The first-order valence-corrected chi connectivity index (χ1v) is 19.1. The van der Waals surface area contributed by atoms with Crippen molar-refractivity contribution in [3.05, 3.63) is 70.3 Å². The number of carbonyl (C=O) groups excluding carboxylic acids is 2. The maximum Gasteiger partial charge on any atom is 0.327 e. The minimum atomic E-state index is -3.56. The monoisotopic (exact) mass is 698 g/mol. The highest BCUT2D eigenvalue weighted by Gasteiger charge is 2.44. The fourth-order valence-electron chi connectivity index (χ4n) is 8.02. The Hall–Kier alpha value is -3.15. The van der Waals surface area contributed by atoms with Gasteiger partial charge < -0.3 is 19.7 Å². The topological polar surface area (TPSA) is 109 Å². The standard InChI is InChI=1S/C36H44ClFN4O5S/c1-22-5-3-7-32(46-2)27-11-8-25(27)18-42-20-36(14-4-6-23-15-26(37)10-12-28(23)36)21-47-33-13-9-24(16-31(33)42)34(43)40-48(45,19-22)41-35(44)39-30-17-29(30)38/h3,7,9-10,12-13,15-16,22,25,27,29-30,32H,4-6,8,11,14,17-21H2,1-2H3,(H2,39,40,41,43,44,45)/b7-3+/t22-,25-,27+,29-,30+,32-,36-,48?/m0/s1. The molecule has 2 heterocycles. The molecule has 2 aromatic rings. The van der Waals surface area contributed by atoms with E-state index in [1.54, 1.807) is 25.3 Å². The van der Waals surface area contributed by atoms with Gasteiger partial charge in [0.05, 0.1) is 30.2 Å². The van der Waals surface area contributed by atoms with Crippen LogP contribution >= 0.6 is 11.6 Å². The number of nitrogens with zero attached hydrogens (tertiary/aromatic N) is 2. The molecule has 0 radical (unpaired) electrons. The first-order valence-electron chi connectivity index (χ1n) is 17.1. The molecule has 2 N–H and O–H groups in total. The van der Waals surface area contributed by atoms with Gasteiger partial charge in [0.1, 0.15) is 21.8 Å². The predicted molar refractivity (Wildman–Crippen MR) is 185 cm³/mol. The third-order valence-corrected chi connectivity index (χ3v) is 13.0. The molecule has 9 nitrogen and oxygen atoms in total. The van der Waals surface area contributed by atoms with Crippen LogP contribution in [0.1, 0.15) is 66.9 Å². The van der Waals surface area contributed by atoms with Gasteiger partial charge in [-0.1, -0.05) is 36.7 Å². The molecule has 2 fully saturated rings. The van der Waals surface area contributed by atoms with Crippen molar-refractivity contribution >= 4 is 39.1 Å². The highest BCUT2D eigenvalue weighted by atomic mass is 35.5. The SMILES string of the molecule is CO[C@H]1/C=C/C[C@H](C)CS(=O)(NC(=O)N[C@@H]2C[C@@H]2F)=NC(=O)c2ccc3c(c2)N(C[C@@H]2CC[C@H]21)C[C@@]1(CCCc2cc(Cl)ccc21)CO3. The van der Waals surface area contributed by atoms with Crippen molar-refractivity contribution in [1.82, 2.24) is 10.0 Å². The molecule has 2 aliphatic heterocycles. The van der Waals surface area contributed by atoms with Crippen LogP contribution < -0.4 is 19.7 Å². The molecular formula is C36H44ClFN4O5S. The minimum absolute atomic E-state index is 0.0456. The second-order valence-electron chi connectivity index (χ2n) is 14.4. The Morgan fingerprint density at radius 2 is 2.06 bits per heavy atom. The molecule has 0 aromatic heterocycles. The molecule has 3 amide bonds. The summed E-state index contributed by atoms with van der Waals surface area (Å²) in [4.78, 5) is 28.9. The number of amides is 3. The molecule has 1 unspecified atom stereocenters. The summed E-state index contributed by atoms with van der Waals surface area (Å²) in [5.74, 6) is 0.472. The summed E-state index contributed by atoms with van der Waals surface area (Å²) in [5, 5.41) is 3.23. The number of alkyl halides is 1. The number of urea groups is 1. The summed E-state index contributed by atoms with van der Waals surface area (Å²) in [6.07, 6.45) is 8.79. The zero-order chi connectivity index (χ0) is 33.6. The van der Waals surface area contributed by atoms with Gasteiger partial charge in [-0.05, 0) is 97.7 Å². The highest BCUT2D eigenvalue weighted by molar-refractivity contribution is 7.92. The lowest BCUT2D eigenvalue weighted by Gasteiger charge is -2.46. The van der Waals surface area contributed by atoms with E-state index >= 15 is 0 Å². The number of allylic oxidation sites excluding steroid dienone is 1. The molecule has 0 saturated heterocycles. The summed E-state index contributed by atoms with van der Waals surface area (Å²) in [7, 11) is -1.81. The van der Waals surface area contributed by atoms with E-state index in [-0.39, 0.29) is 35.2 Å². The molecule has 5 aliphatic rings. The molecule has 1 spiro atoms. The summed E-state index contributed by atoms with van der Waals surface area (Å²) in [6, 6.07) is 10.0. The number of ether oxygens (including phenoxy) is 2. The number of hydrogen-bond donors (Lipinski definition) is 2. The number of aryl methyl sites for hydroxylation is 1. The molecule has 2 bridgehead atoms. The van der Waals surface area contributed by atoms with Gasteiger partial charge in [0.25, 0.3) is 5.91 Å². The third-order valence-electron chi connectivity index (χ3n) is 10.8. The van der Waals surface area contributed by atoms with E-state index in [9.17, 15) is 18.2 Å². The Balaban J connectivity index is 1.28. The molecule has 12 heteroatoms. The molecule has 2 aromatic carbocycles. The molecule has 2 saturated carbocycles. The van der Waals surface area contributed by atoms with E-state index in [4.69, 9.17) is 21.1 Å². The van der Waals surface area contributed by atoms with Crippen molar-refractivity contribution in [2.75, 3.05) is 37.5 Å². The van der Waals surface area contributed by atoms with Crippen molar-refractivity contribution < 1.29 is 27.7 Å². The van der Waals surface area contributed by atoms with E-state index in [0.717, 1.165) is 49.4 Å². The lowest BCUT2D eigenvalue weighted by Crippen LogP contribution is -2.49. The van der Waals surface area contributed by atoms with Gasteiger partial charge in [-0.15, -0.1) is 4.36 Å². The van der Waals surface area contributed by atoms with E-state index in [1.165, 1.54) is 11.1 Å². The second kappa shape index (κ2) is 13.3. The maximum absolute atomic E-state index is 14.2. The second-order valence-corrected chi connectivity index (χ2v) is 16.8. The number of halogens is 2. The Bertz CT molecular complexity index is 1750. The van der Waals surface area contributed by atoms with Gasteiger partial charge >= 0.3 is 6.03 Å². The minimum Gasteiger partial charge on any atom is -0.490 e. The first-order chi connectivity index (χ1) is 23.0. The Morgan fingerprint density at radius 1 is 1.23 bits per heavy atom. The number of methoxy groups -OCH3 is 1. The summed E-state index contributed by atoms with van der Waals surface area (Å²) in [5.41, 5.74) is 3.30. The van der Waals surface area contributed by atoms with Crippen molar-refractivity contribution in [2.24, 2.45) is 22.1 Å². The molecule has 258 valence electrons. The first kappa shape index (κ1) is 33.4. The number of rotatable bonds is 3. The van der Waals surface area contributed by atoms with E-state index in [0.29, 0.717) is 37.2 Å². The van der Waals surface area contributed by atoms with Gasteiger partial charge in [0, 0.05) is 42.6 Å². The van der Waals surface area contributed by atoms with Crippen LogP contribution in [0.3, 0.4) is 0 Å². The fraction of sp³-hybridized carbons (Fsp3) is 0.556. The van der Waals surface area contributed by atoms with Crippen LogP contribution in [0, 0.1) is 17.8 Å². The quantitative estimate of drug-likeness (QED) is 0.360. The number of carbonyl (C=O) groups is 2. The van der Waals surface area contributed by atoms with Crippen molar-refractivity contribution in [3.63, 3.8) is 0 Å². The number of anilines is 1. The van der Waals surface area contributed by atoms with Crippen LogP contribution in [0.4, 0.5) is 14.9 Å².